The van der Waals surface area contributed by atoms with E-state index >= 15 is 0 Å². The fraction of sp³-hybridized carbons (Fsp3) is 0.417. The maximum absolute atomic E-state index is 14.9. The van der Waals surface area contributed by atoms with Crippen molar-refractivity contribution in [3.8, 4) is 11.5 Å². The molecule has 10 rings (SSSR count). The molecular formula is C60H66Cl4N4O8. The van der Waals surface area contributed by atoms with Crippen LogP contribution in [0.15, 0.2) is 84.9 Å². The molecule has 4 unspecified atom stereocenters. The van der Waals surface area contributed by atoms with Gasteiger partial charge in [-0.25, -0.2) is 4.79 Å². The molecule has 0 aromatic heterocycles. The Kier molecular flexibility index (Phi) is 17.3. The van der Waals surface area contributed by atoms with Crippen LogP contribution in [0.3, 0.4) is 0 Å². The zero-order chi connectivity index (χ0) is 52.9. The Balaban J connectivity index is 1.24. The number of esters is 1. The normalized spacial score (nSPS) is 22.4. The summed E-state index contributed by atoms with van der Waals surface area (Å²) >= 11 is 28.5. The molecular weight excluding hydrogens is 1050 g/mol. The Labute approximate surface area is 466 Å². The lowest BCUT2D eigenvalue weighted by atomic mass is 9.82. The van der Waals surface area contributed by atoms with Gasteiger partial charge in [0.25, 0.3) is 0 Å². The summed E-state index contributed by atoms with van der Waals surface area (Å²) in [5.41, 5.74) is 8.37. The van der Waals surface area contributed by atoms with E-state index in [4.69, 9.17) is 79.6 Å². The molecule has 0 saturated carbocycles. The molecule has 4 fully saturated rings. The number of hydrogen-bond acceptors (Lipinski definition) is 12. The second-order valence-corrected chi connectivity index (χ2v) is 21.8. The van der Waals surface area contributed by atoms with Gasteiger partial charge in [0.2, 0.25) is 0 Å². The Morgan fingerprint density at radius 1 is 0.553 bits per heavy atom. The van der Waals surface area contributed by atoms with Crippen LogP contribution >= 0.6 is 46.4 Å². The zero-order valence-corrected chi connectivity index (χ0v) is 46.5. The number of fused-ring (bicyclic) bond motifs is 1. The predicted molar refractivity (Wildman–Crippen MR) is 306 cm³/mol. The van der Waals surface area contributed by atoms with Crippen molar-refractivity contribution in [2.24, 2.45) is 0 Å². The molecule has 0 spiro atoms. The molecule has 16 heteroatoms. The molecule has 12 nitrogen and oxygen atoms in total. The van der Waals surface area contributed by atoms with Crippen molar-refractivity contribution in [2.75, 3.05) is 88.1 Å². The van der Waals surface area contributed by atoms with Crippen molar-refractivity contribution in [1.82, 2.24) is 0 Å². The van der Waals surface area contributed by atoms with Gasteiger partial charge in [0.05, 0.1) is 64.3 Å². The van der Waals surface area contributed by atoms with Gasteiger partial charge < -0.3 is 54.4 Å². The highest BCUT2D eigenvalue weighted by Gasteiger charge is 2.49. The van der Waals surface area contributed by atoms with E-state index in [1.165, 1.54) is 0 Å². The molecule has 5 aromatic rings. The second-order valence-electron chi connectivity index (χ2n) is 20.3. The number of rotatable bonds is 20. The minimum atomic E-state index is -1.81. The Morgan fingerprint density at radius 3 is 1.34 bits per heavy atom. The van der Waals surface area contributed by atoms with E-state index in [1.807, 2.05) is 50.3 Å². The third-order valence-corrected chi connectivity index (χ3v) is 16.9. The van der Waals surface area contributed by atoms with Gasteiger partial charge in [0.1, 0.15) is 11.5 Å². The summed E-state index contributed by atoms with van der Waals surface area (Å²) in [7, 11) is 3.31. The summed E-state index contributed by atoms with van der Waals surface area (Å²) in [4.78, 5) is 14.9. The highest BCUT2D eigenvalue weighted by Crippen LogP contribution is 2.54. The van der Waals surface area contributed by atoms with Crippen LogP contribution in [0.1, 0.15) is 101 Å². The number of carbonyl (C=O) groups is 1. The summed E-state index contributed by atoms with van der Waals surface area (Å²) < 4.78 is 42.8. The average molecular weight is 1110 g/mol. The van der Waals surface area contributed by atoms with Crippen LogP contribution in [0, 0.1) is 13.8 Å². The van der Waals surface area contributed by atoms with E-state index in [2.05, 4.69) is 69.8 Å². The molecule has 0 aliphatic carbocycles. The van der Waals surface area contributed by atoms with Gasteiger partial charge in [-0.1, -0.05) is 70.7 Å². The van der Waals surface area contributed by atoms with Crippen LogP contribution < -0.4 is 30.7 Å². The monoisotopic (exact) mass is 1110 g/mol. The first kappa shape index (κ1) is 54.2. The number of ether oxygens (including phenoxy) is 7. The average Bonchev–Trinajstić information content (AvgIpc) is 4.31. The molecule has 5 heterocycles. The van der Waals surface area contributed by atoms with Crippen LogP contribution in [0.4, 0.5) is 22.7 Å². The highest BCUT2D eigenvalue weighted by molar-refractivity contribution is 6.53. The fourth-order valence-corrected chi connectivity index (χ4v) is 12.1. The van der Waals surface area contributed by atoms with Gasteiger partial charge in [0.15, 0.2) is 5.60 Å². The van der Waals surface area contributed by atoms with Crippen LogP contribution in [-0.4, -0.2) is 97.2 Å². The topological polar surface area (TPSA) is 130 Å². The van der Waals surface area contributed by atoms with Gasteiger partial charge in [-0.3, -0.25) is 0 Å². The lowest BCUT2D eigenvalue weighted by Gasteiger charge is -2.29. The standard InChI is InChI=1S/C60H66Cl4N4O8/c1-35-25-37(13-19-51(35)70-3)47(45-17-15-39(65-31-41-9-5-21-72-41)27-49(45)67-33-43-11-7-23-74-43)29-60(54-53(59(69)76-60)55(61)57(63)58(64)56(54)62)30-48(38-14-20-52(71-4)36(2)26-38)46-18-16-40(66-32-42-10-6-22-73-42)28-50(46)68-34-44-12-8-24-75-44/h13-20,25-30,41-44,65-68H,5-12,21-24,31-34H2,1-4H3. The van der Waals surface area contributed by atoms with Crippen molar-refractivity contribution in [3.63, 3.8) is 0 Å². The number of benzene rings is 5. The van der Waals surface area contributed by atoms with Crippen molar-refractivity contribution >= 4 is 86.3 Å². The number of nitrogens with one attached hydrogen (secondary N) is 4. The molecule has 76 heavy (non-hydrogen) atoms. The molecule has 5 aliphatic rings. The number of hydrogen-bond donors (Lipinski definition) is 4. The third-order valence-electron chi connectivity index (χ3n) is 15.1. The number of methoxy groups -OCH3 is 2. The quantitative estimate of drug-likeness (QED) is 0.0336. The molecule has 5 aliphatic heterocycles. The van der Waals surface area contributed by atoms with E-state index < -0.39 is 11.6 Å². The third kappa shape index (κ3) is 11.8. The predicted octanol–water partition coefficient (Wildman–Crippen LogP) is 13.9. The van der Waals surface area contributed by atoms with Gasteiger partial charge >= 0.3 is 5.97 Å². The minimum absolute atomic E-state index is 0.0126. The van der Waals surface area contributed by atoms with Crippen molar-refractivity contribution in [3.05, 3.63) is 150 Å². The van der Waals surface area contributed by atoms with Crippen LogP contribution in [0.5, 0.6) is 11.5 Å². The molecule has 5 aromatic carbocycles. The number of anilines is 4. The minimum Gasteiger partial charge on any atom is -0.496 e. The summed E-state index contributed by atoms with van der Waals surface area (Å²) in [6, 6.07) is 24.6. The number of carbonyl (C=O) groups excluding carboxylic acids is 1. The lowest BCUT2D eigenvalue weighted by molar-refractivity contribution is 0.0300. The van der Waals surface area contributed by atoms with Crippen LogP contribution in [-0.2, 0) is 29.3 Å². The maximum atomic E-state index is 14.9. The van der Waals surface area contributed by atoms with Gasteiger partial charge in [-0.2, -0.15) is 0 Å². The van der Waals surface area contributed by atoms with Crippen LogP contribution in [0.2, 0.25) is 20.1 Å². The summed E-state index contributed by atoms with van der Waals surface area (Å²) in [5.74, 6) is 0.705. The van der Waals surface area contributed by atoms with Crippen molar-refractivity contribution < 1.29 is 38.0 Å². The Morgan fingerprint density at radius 2 is 0.961 bits per heavy atom. The lowest BCUT2D eigenvalue weighted by Crippen LogP contribution is -2.24. The number of aryl methyl sites for hydroxylation is 2. The first-order chi connectivity index (χ1) is 36.9. The summed E-state index contributed by atoms with van der Waals surface area (Å²) in [6.07, 6.45) is 12.1. The molecule has 0 bridgehead atoms. The van der Waals surface area contributed by atoms with Crippen LogP contribution in [0.25, 0.3) is 11.1 Å². The molecule has 402 valence electrons. The zero-order valence-electron chi connectivity index (χ0n) is 43.5. The van der Waals surface area contributed by atoms with Gasteiger partial charge in [0, 0.05) is 92.0 Å². The molecule has 0 radical (unpaired) electrons. The van der Waals surface area contributed by atoms with E-state index in [9.17, 15) is 4.79 Å². The SMILES string of the molecule is COc1ccc(C(=CC2(C=C(c3ccc(OC)c(C)c3)c3ccc(NCC4CCCO4)cc3NCC3CCCO3)OC(=O)c3c(Cl)c(Cl)c(Cl)c(Cl)c32)c2ccc(NCC3CCCO3)cc2NCC2CCCO2)cc1C. The first-order valence-corrected chi connectivity index (χ1v) is 28.0. The molecule has 4 saturated heterocycles. The number of halogens is 4. The van der Waals surface area contributed by atoms with E-state index in [0.29, 0.717) is 62.0 Å². The molecule has 4 atom stereocenters. The molecule has 4 N–H and O–H groups in total. The van der Waals surface area contributed by atoms with Gasteiger partial charge in [-0.15, -0.1) is 0 Å². The summed E-state index contributed by atoms with van der Waals surface area (Å²) in [6.45, 7) is 9.41. The Hall–Kier alpha value is -5.15. The fourth-order valence-electron chi connectivity index (χ4n) is 11.0. The smallest absolute Gasteiger partial charge is 0.341 e. The van der Waals surface area contributed by atoms with E-state index in [-0.39, 0.29) is 55.6 Å². The van der Waals surface area contributed by atoms with Gasteiger partial charge in [-0.05, 0) is 159 Å². The molecule has 0 amide bonds. The van der Waals surface area contributed by atoms with Crippen molar-refractivity contribution in [2.45, 2.75) is 95.2 Å². The van der Waals surface area contributed by atoms with Crippen molar-refractivity contribution in [1.29, 1.82) is 0 Å². The second kappa shape index (κ2) is 24.3. The summed E-state index contributed by atoms with van der Waals surface area (Å²) in [5, 5.41) is 14.7. The largest absolute Gasteiger partial charge is 0.496 e. The van der Waals surface area contributed by atoms with E-state index in [1.54, 1.807) is 14.2 Å². The first-order valence-electron chi connectivity index (χ1n) is 26.5. The maximum Gasteiger partial charge on any atom is 0.341 e. The highest BCUT2D eigenvalue weighted by atomic mass is 35.5. The Bertz CT molecular complexity index is 2840. The number of cyclic esters (lactones) is 1. The van der Waals surface area contributed by atoms with E-state index in [0.717, 1.165) is 121 Å².